The van der Waals surface area contributed by atoms with Crippen LogP contribution in [0.3, 0.4) is 0 Å². The number of carbonyl (C=O) groups excluding carboxylic acids is 2. The van der Waals surface area contributed by atoms with Gasteiger partial charge in [-0.2, -0.15) is 5.01 Å². The van der Waals surface area contributed by atoms with E-state index < -0.39 is 11.8 Å². The van der Waals surface area contributed by atoms with E-state index in [0.29, 0.717) is 27.8 Å². The van der Waals surface area contributed by atoms with Gasteiger partial charge in [0.05, 0.1) is 11.5 Å². The largest absolute Gasteiger partial charge is 0.493 e. The first-order valence-electron chi connectivity index (χ1n) is 8.06. The summed E-state index contributed by atoms with van der Waals surface area (Å²) in [5, 5.41) is 1.60. The van der Waals surface area contributed by atoms with Crippen LogP contribution in [0.5, 0.6) is 5.75 Å². The smallest absolute Gasteiger partial charge is 0.285 e. The Labute approximate surface area is 171 Å². The van der Waals surface area contributed by atoms with Crippen molar-refractivity contribution in [3.05, 3.63) is 69.6 Å². The Morgan fingerprint density at radius 1 is 1.26 bits per heavy atom. The van der Waals surface area contributed by atoms with E-state index in [1.54, 1.807) is 30.3 Å². The Balaban J connectivity index is 1.79. The highest BCUT2D eigenvalue weighted by molar-refractivity contribution is 8.26. The summed E-state index contributed by atoms with van der Waals surface area (Å²) in [7, 11) is 0. The second kappa shape index (κ2) is 8.56. The molecule has 2 aromatic carbocycles. The number of thioether (sulfide) groups is 1. The van der Waals surface area contributed by atoms with Crippen LogP contribution in [0.1, 0.15) is 22.8 Å². The summed E-state index contributed by atoms with van der Waals surface area (Å²) in [6.45, 7) is 2.41. The summed E-state index contributed by atoms with van der Waals surface area (Å²) < 4.78 is 5.83. The van der Waals surface area contributed by atoms with E-state index in [4.69, 9.17) is 28.6 Å². The highest BCUT2D eigenvalue weighted by Crippen LogP contribution is 2.33. The van der Waals surface area contributed by atoms with E-state index in [2.05, 4.69) is 5.43 Å². The van der Waals surface area contributed by atoms with Gasteiger partial charge in [-0.15, -0.1) is 0 Å². The van der Waals surface area contributed by atoms with E-state index in [0.717, 1.165) is 22.3 Å². The molecule has 27 heavy (non-hydrogen) atoms. The monoisotopic (exact) mass is 418 g/mol. The van der Waals surface area contributed by atoms with Crippen molar-refractivity contribution in [2.75, 3.05) is 6.61 Å². The van der Waals surface area contributed by atoms with Crippen molar-refractivity contribution in [2.24, 2.45) is 0 Å². The van der Waals surface area contributed by atoms with E-state index in [1.165, 1.54) is 0 Å². The topological polar surface area (TPSA) is 58.6 Å². The number of nitrogens with zero attached hydrogens (tertiary/aromatic N) is 1. The van der Waals surface area contributed by atoms with Crippen LogP contribution in [0.4, 0.5) is 0 Å². The zero-order chi connectivity index (χ0) is 19.4. The normalized spacial score (nSPS) is 15.3. The number of rotatable bonds is 5. The Bertz CT molecular complexity index is 929. The van der Waals surface area contributed by atoms with Crippen molar-refractivity contribution in [2.45, 2.75) is 6.92 Å². The fourth-order valence-corrected chi connectivity index (χ4v) is 3.66. The number of para-hydroxylation sites is 1. The number of amides is 2. The van der Waals surface area contributed by atoms with E-state index >= 15 is 0 Å². The van der Waals surface area contributed by atoms with Crippen LogP contribution in [0, 0.1) is 0 Å². The molecule has 1 saturated heterocycles. The van der Waals surface area contributed by atoms with E-state index in [9.17, 15) is 9.59 Å². The Hall–Kier alpha value is -2.35. The van der Waals surface area contributed by atoms with Gasteiger partial charge in [-0.3, -0.25) is 15.0 Å². The van der Waals surface area contributed by atoms with Crippen molar-refractivity contribution in [3.63, 3.8) is 0 Å². The minimum atomic E-state index is -0.445. The number of thiocarbonyl (C=S) groups is 1. The zero-order valence-electron chi connectivity index (χ0n) is 14.3. The maximum Gasteiger partial charge on any atom is 0.285 e. The third kappa shape index (κ3) is 4.50. The van der Waals surface area contributed by atoms with Crippen molar-refractivity contribution in [1.29, 1.82) is 0 Å². The van der Waals surface area contributed by atoms with Crippen LogP contribution in [-0.4, -0.2) is 27.8 Å². The third-order valence-corrected chi connectivity index (χ3v) is 5.17. The summed E-state index contributed by atoms with van der Waals surface area (Å²) >= 11 is 12.2. The molecule has 1 aliphatic heterocycles. The molecule has 0 unspecified atom stereocenters. The highest BCUT2D eigenvalue weighted by Gasteiger charge is 2.34. The second-order valence-electron chi connectivity index (χ2n) is 5.44. The first-order valence-corrected chi connectivity index (χ1v) is 9.66. The Morgan fingerprint density at radius 2 is 1.96 bits per heavy atom. The minimum Gasteiger partial charge on any atom is -0.493 e. The van der Waals surface area contributed by atoms with Gasteiger partial charge in [-0.25, -0.2) is 0 Å². The van der Waals surface area contributed by atoms with E-state index in [1.807, 2.05) is 31.2 Å². The number of hydrogen-bond acceptors (Lipinski definition) is 5. The first kappa shape index (κ1) is 19.4. The SMILES string of the molecule is CCOc1ccccc1/C=C1/SC(=S)N(NC(=O)c2ccc(Cl)cc2)C1=O. The van der Waals surface area contributed by atoms with Crippen LogP contribution in [-0.2, 0) is 4.79 Å². The van der Waals surface area contributed by atoms with Gasteiger partial charge < -0.3 is 4.74 Å². The lowest BCUT2D eigenvalue weighted by Gasteiger charge is -2.15. The molecule has 0 aliphatic carbocycles. The molecule has 138 valence electrons. The van der Waals surface area contributed by atoms with Gasteiger partial charge in [0.25, 0.3) is 11.8 Å². The maximum atomic E-state index is 12.7. The molecule has 1 heterocycles. The standard InChI is InChI=1S/C19H15ClN2O3S2/c1-2-25-15-6-4-3-5-13(15)11-16-18(24)22(19(26)27-16)21-17(23)12-7-9-14(20)10-8-12/h3-11H,2H2,1H3,(H,21,23)/b16-11+. The number of ether oxygens (including phenoxy) is 1. The molecular weight excluding hydrogens is 404 g/mol. The van der Waals surface area contributed by atoms with Crippen LogP contribution in [0.2, 0.25) is 5.02 Å². The lowest BCUT2D eigenvalue weighted by atomic mass is 10.2. The van der Waals surface area contributed by atoms with Crippen LogP contribution in [0.25, 0.3) is 6.08 Å². The van der Waals surface area contributed by atoms with Gasteiger partial charge in [0.2, 0.25) is 0 Å². The van der Waals surface area contributed by atoms with Crippen LogP contribution >= 0.6 is 35.6 Å². The molecule has 0 aromatic heterocycles. The molecule has 2 amide bonds. The van der Waals surface area contributed by atoms with Crippen molar-refractivity contribution in [3.8, 4) is 5.75 Å². The minimum absolute atomic E-state index is 0.252. The Kier molecular flexibility index (Phi) is 6.15. The summed E-state index contributed by atoms with van der Waals surface area (Å²) in [6, 6.07) is 13.8. The summed E-state index contributed by atoms with van der Waals surface area (Å²) in [4.78, 5) is 25.4. The zero-order valence-corrected chi connectivity index (χ0v) is 16.7. The van der Waals surface area contributed by atoms with Gasteiger partial charge >= 0.3 is 0 Å². The van der Waals surface area contributed by atoms with Gasteiger partial charge in [-0.05, 0) is 55.5 Å². The molecule has 2 aromatic rings. The number of carbonyl (C=O) groups is 2. The molecule has 1 aliphatic rings. The quantitative estimate of drug-likeness (QED) is 0.580. The van der Waals surface area contributed by atoms with Gasteiger partial charge in [-0.1, -0.05) is 41.6 Å². The number of halogens is 1. The lowest BCUT2D eigenvalue weighted by molar-refractivity contribution is -0.123. The lowest BCUT2D eigenvalue weighted by Crippen LogP contribution is -2.44. The summed E-state index contributed by atoms with van der Waals surface area (Å²) in [5.74, 6) is -0.159. The molecule has 3 rings (SSSR count). The van der Waals surface area contributed by atoms with Gasteiger partial charge in [0.1, 0.15) is 5.75 Å². The number of benzene rings is 2. The number of hydrogen-bond donors (Lipinski definition) is 1. The molecule has 0 radical (unpaired) electrons. The number of hydrazine groups is 1. The third-order valence-electron chi connectivity index (χ3n) is 3.62. The maximum absolute atomic E-state index is 12.7. The van der Waals surface area contributed by atoms with Crippen molar-refractivity contribution < 1.29 is 14.3 Å². The summed E-state index contributed by atoms with van der Waals surface area (Å²) in [6.07, 6.45) is 1.71. The average Bonchev–Trinajstić information content (AvgIpc) is 2.91. The molecule has 1 N–H and O–H groups in total. The first-order chi connectivity index (χ1) is 13.0. The predicted molar refractivity (Wildman–Crippen MR) is 112 cm³/mol. The van der Waals surface area contributed by atoms with Gasteiger partial charge in [0.15, 0.2) is 4.32 Å². The molecular formula is C19H15ClN2O3S2. The average molecular weight is 419 g/mol. The molecule has 1 fully saturated rings. The highest BCUT2D eigenvalue weighted by atomic mass is 35.5. The fraction of sp³-hybridized carbons (Fsp3) is 0.105. The predicted octanol–water partition coefficient (Wildman–Crippen LogP) is 4.28. The van der Waals surface area contributed by atoms with Crippen molar-refractivity contribution in [1.82, 2.24) is 10.4 Å². The molecule has 0 saturated carbocycles. The van der Waals surface area contributed by atoms with Crippen LogP contribution in [0.15, 0.2) is 53.4 Å². The Morgan fingerprint density at radius 3 is 2.67 bits per heavy atom. The van der Waals surface area contributed by atoms with E-state index in [-0.39, 0.29) is 4.32 Å². The molecule has 5 nitrogen and oxygen atoms in total. The molecule has 0 spiro atoms. The molecule has 0 atom stereocenters. The van der Waals surface area contributed by atoms with Crippen LogP contribution < -0.4 is 10.2 Å². The summed E-state index contributed by atoms with van der Waals surface area (Å²) in [5.41, 5.74) is 3.68. The van der Waals surface area contributed by atoms with Crippen molar-refractivity contribution >= 4 is 57.8 Å². The fourth-order valence-electron chi connectivity index (χ4n) is 2.36. The van der Waals surface area contributed by atoms with Gasteiger partial charge in [0, 0.05) is 16.1 Å². The second-order valence-corrected chi connectivity index (χ2v) is 7.55. The number of nitrogens with one attached hydrogen (secondary N) is 1. The molecule has 0 bridgehead atoms. The molecule has 8 heteroatoms.